The maximum absolute atomic E-state index is 12.2. The van der Waals surface area contributed by atoms with Gasteiger partial charge in [-0.15, -0.1) is 0 Å². The Morgan fingerprint density at radius 2 is 2.10 bits per heavy atom. The van der Waals surface area contributed by atoms with E-state index in [2.05, 4.69) is 5.32 Å². The molecule has 0 radical (unpaired) electrons. The quantitative estimate of drug-likeness (QED) is 0.743. The number of likely N-dealkylation sites (N-methyl/N-ethyl adjacent to an activating group) is 1. The SMILES string of the molecule is CCCNC(=O)CN(C)C(=O)N1CCCC1CC(=O)O. The van der Waals surface area contributed by atoms with Gasteiger partial charge in [-0.25, -0.2) is 4.79 Å². The van der Waals surface area contributed by atoms with Crippen molar-refractivity contribution < 1.29 is 19.5 Å². The fourth-order valence-corrected chi connectivity index (χ4v) is 2.32. The zero-order chi connectivity index (χ0) is 15.1. The maximum Gasteiger partial charge on any atom is 0.320 e. The second-order valence-electron chi connectivity index (χ2n) is 5.08. The number of nitrogens with one attached hydrogen (secondary N) is 1. The minimum atomic E-state index is -0.905. The largest absolute Gasteiger partial charge is 0.481 e. The lowest BCUT2D eigenvalue weighted by Gasteiger charge is -2.28. The van der Waals surface area contributed by atoms with Crippen LogP contribution in [0.2, 0.25) is 0 Å². The number of nitrogens with zero attached hydrogens (tertiary/aromatic N) is 2. The van der Waals surface area contributed by atoms with Gasteiger partial charge in [0.25, 0.3) is 0 Å². The third kappa shape index (κ3) is 4.71. The Balaban J connectivity index is 2.50. The molecule has 2 N–H and O–H groups in total. The van der Waals surface area contributed by atoms with Gasteiger partial charge in [0.2, 0.25) is 5.91 Å². The molecule has 1 fully saturated rings. The topological polar surface area (TPSA) is 90.0 Å². The number of hydrogen-bond acceptors (Lipinski definition) is 3. The molecule has 0 spiro atoms. The Bertz CT molecular complexity index is 373. The molecular weight excluding hydrogens is 262 g/mol. The summed E-state index contributed by atoms with van der Waals surface area (Å²) in [6.45, 7) is 3.09. The van der Waals surface area contributed by atoms with Gasteiger partial charge in [-0.1, -0.05) is 6.92 Å². The summed E-state index contributed by atoms with van der Waals surface area (Å²) in [6, 6.07) is -0.540. The van der Waals surface area contributed by atoms with Gasteiger partial charge in [0.15, 0.2) is 0 Å². The Hall–Kier alpha value is -1.79. The van der Waals surface area contributed by atoms with Crippen molar-refractivity contribution in [2.75, 3.05) is 26.7 Å². The van der Waals surface area contributed by atoms with Crippen LogP contribution in [0.3, 0.4) is 0 Å². The highest BCUT2D eigenvalue weighted by Gasteiger charge is 2.32. The van der Waals surface area contributed by atoms with E-state index in [1.807, 2.05) is 6.92 Å². The highest BCUT2D eigenvalue weighted by molar-refractivity contribution is 5.84. The molecule has 1 unspecified atom stereocenters. The summed E-state index contributed by atoms with van der Waals surface area (Å²) in [4.78, 5) is 37.5. The molecule has 0 bridgehead atoms. The van der Waals surface area contributed by atoms with Crippen molar-refractivity contribution >= 4 is 17.9 Å². The number of carbonyl (C=O) groups is 3. The normalized spacial score (nSPS) is 17.9. The number of likely N-dealkylation sites (tertiary alicyclic amines) is 1. The first-order valence-electron chi connectivity index (χ1n) is 6.96. The number of rotatable bonds is 6. The van der Waals surface area contributed by atoms with Gasteiger partial charge in [0.05, 0.1) is 6.42 Å². The summed E-state index contributed by atoms with van der Waals surface area (Å²) >= 11 is 0. The fraction of sp³-hybridized carbons (Fsp3) is 0.769. The molecule has 7 nitrogen and oxygen atoms in total. The summed E-state index contributed by atoms with van der Waals surface area (Å²) in [5.41, 5.74) is 0. The molecule has 1 saturated heterocycles. The Morgan fingerprint density at radius 3 is 2.70 bits per heavy atom. The summed E-state index contributed by atoms with van der Waals surface area (Å²) in [7, 11) is 1.56. The Kier molecular flexibility index (Phi) is 6.27. The lowest BCUT2D eigenvalue weighted by molar-refractivity contribution is -0.138. The van der Waals surface area contributed by atoms with Crippen LogP contribution in [0.15, 0.2) is 0 Å². The van der Waals surface area contributed by atoms with Crippen LogP contribution in [0, 0.1) is 0 Å². The highest BCUT2D eigenvalue weighted by Crippen LogP contribution is 2.21. The maximum atomic E-state index is 12.2. The molecule has 0 aromatic carbocycles. The number of hydrogen-bond donors (Lipinski definition) is 2. The molecule has 20 heavy (non-hydrogen) atoms. The standard InChI is InChI=1S/C13H23N3O4/c1-3-6-14-11(17)9-15(2)13(20)16-7-4-5-10(16)8-12(18)19/h10H,3-9H2,1-2H3,(H,14,17)(H,18,19). The van der Waals surface area contributed by atoms with Gasteiger partial charge >= 0.3 is 12.0 Å². The molecule has 0 aromatic rings. The van der Waals surface area contributed by atoms with Crippen LogP contribution in [-0.2, 0) is 9.59 Å². The number of urea groups is 1. The lowest BCUT2D eigenvalue weighted by atomic mass is 10.1. The van der Waals surface area contributed by atoms with E-state index in [9.17, 15) is 14.4 Å². The third-order valence-corrected chi connectivity index (χ3v) is 3.31. The smallest absolute Gasteiger partial charge is 0.320 e. The van der Waals surface area contributed by atoms with E-state index < -0.39 is 5.97 Å². The molecule has 0 saturated carbocycles. The molecular formula is C13H23N3O4. The highest BCUT2D eigenvalue weighted by atomic mass is 16.4. The first-order valence-corrected chi connectivity index (χ1v) is 6.96. The van der Waals surface area contributed by atoms with Gasteiger partial charge in [-0.05, 0) is 19.3 Å². The Labute approximate surface area is 118 Å². The van der Waals surface area contributed by atoms with Gasteiger partial charge in [-0.3, -0.25) is 9.59 Å². The van der Waals surface area contributed by atoms with Crippen molar-refractivity contribution in [2.24, 2.45) is 0 Å². The van der Waals surface area contributed by atoms with Crippen molar-refractivity contribution in [3.63, 3.8) is 0 Å². The van der Waals surface area contributed by atoms with Gasteiger partial charge < -0.3 is 20.2 Å². The lowest BCUT2D eigenvalue weighted by Crippen LogP contribution is -2.47. The number of carbonyl (C=O) groups excluding carboxylic acids is 2. The number of amides is 3. The molecule has 0 aromatic heterocycles. The molecule has 0 aliphatic carbocycles. The second kappa shape index (κ2) is 7.72. The predicted octanol–water partition coefficient (Wildman–Crippen LogP) is 0.504. The van der Waals surface area contributed by atoms with Gasteiger partial charge in [0, 0.05) is 26.2 Å². The molecule has 3 amide bonds. The monoisotopic (exact) mass is 285 g/mol. The average Bonchev–Trinajstić information content (AvgIpc) is 2.82. The van der Waals surface area contributed by atoms with E-state index >= 15 is 0 Å². The zero-order valence-electron chi connectivity index (χ0n) is 12.1. The second-order valence-corrected chi connectivity index (χ2v) is 5.08. The van der Waals surface area contributed by atoms with Crippen molar-refractivity contribution in [1.29, 1.82) is 0 Å². The van der Waals surface area contributed by atoms with Crippen LogP contribution in [0.1, 0.15) is 32.6 Å². The van der Waals surface area contributed by atoms with Crippen molar-refractivity contribution in [3.8, 4) is 0 Å². The molecule has 1 aliphatic rings. The van der Waals surface area contributed by atoms with Crippen molar-refractivity contribution in [3.05, 3.63) is 0 Å². The summed E-state index contributed by atoms with van der Waals surface area (Å²) in [5, 5.41) is 11.5. The number of carboxylic acids is 1. The molecule has 114 valence electrons. The van der Waals surface area contributed by atoms with Crippen LogP contribution in [0.4, 0.5) is 4.79 Å². The fourth-order valence-electron chi connectivity index (χ4n) is 2.32. The van der Waals surface area contributed by atoms with Crippen LogP contribution in [0.25, 0.3) is 0 Å². The summed E-state index contributed by atoms with van der Waals surface area (Å²) in [6.07, 6.45) is 2.31. The molecule has 1 aliphatic heterocycles. The van der Waals surface area contributed by atoms with E-state index in [1.54, 1.807) is 11.9 Å². The molecule has 1 rings (SSSR count). The number of carboxylic acid groups (broad SMARTS) is 1. The number of aliphatic carboxylic acids is 1. The minimum Gasteiger partial charge on any atom is -0.481 e. The first-order chi connectivity index (χ1) is 9.45. The summed E-state index contributed by atoms with van der Waals surface area (Å²) in [5.74, 6) is -1.10. The predicted molar refractivity (Wildman–Crippen MR) is 73.3 cm³/mol. The minimum absolute atomic E-state index is 0.00484. The van der Waals surface area contributed by atoms with Gasteiger partial charge in [-0.2, -0.15) is 0 Å². The van der Waals surface area contributed by atoms with Crippen LogP contribution in [-0.4, -0.2) is 65.5 Å². The van der Waals surface area contributed by atoms with Crippen LogP contribution < -0.4 is 5.32 Å². The molecule has 7 heteroatoms. The van der Waals surface area contributed by atoms with E-state index in [0.29, 0.717) is 19.5 Å². The molecule has 1 heterocycles. The zero-order valence-corrected chi connectivity index (χ0v) is 12.1. The van der Waals surface area contributed by atoms with Crippen molar-refractivity contribution in [2.45, 2.75) is 38.6 Å². The van der Waals surface area contributed by atoms with Crippen molar-refractivity contribution in [1.82, 2.24) is 15.1 Å². The van der Waals surface area contributed by atoms with E-state index in [-0.39, 0.29) is 30.9 Å². The molecule has 1 atom stereocenters. The van der Waals surface area contributed by atoms with Crippen LogP contribution >= 0.6 is 0 Å². The van der Waals surface area contributed by atoms with E-state index in [4.69, 9.17) is 5.11 Å². The average molecular weight is 285 g/mol. The van der Waals surface area contributed by atoms with E-state index in [1.165, 1.54) is 4.90 Å². The Morgan fingerprint density at radius 1 is 1.40 bits per heavy atom. The van der Waals surface area contributed by atoms with E-state index in [0.717, 1.165) is 12.8 Å². The van der Waals surface area contributed by atoms with Gasteiger partial charge in [0.1, 0.15) is 6.54 Å². The summed E-state index contributed by atoms with van der Waals surface area (Å²) < 4.78 is 0. The first kappa shape index (κ1) is 16.3. The third-order valence-electron chi connectivity index (χ3n) is 3.31. The van der Waals surface area contributed by atoms with Crippen LogP contribution in [0.5, 0.6) is 0 Å².